The minimum absolute atomic E-state index is 0.325. The van der Waals surface area contributed by atoms with Gasteiger partial charge in [0.1, 0.15) is 17.0 Å². The molecule has 5 rings (SSSR count). The summed E-state index contributed by atoms with van der Waals surface area (Å²) in [5.41, 5.74) is 3.79. The number of fused-ring (bicyclic) bond motifs is 1. The summed E-state index contributed by atoms with van der Waals surface area (Å²) in [6.07, 6.45) is 1.66. The van der Waals surface area contributed by atoms with Crippen LogP contribution in [0.3, 0.4) is 0 Å². The summed E-state index contributed by atoms with van der Waals surface area (Å²) >= 11 is 3.45. The molecule has 0 unspecified atom stereocenters. The first-order valence-electron chi connectivity index (χ1n) is 8.65. The number of aromatic nitrogens is 3. The second-order valence-electron chi connectivity index (χ2n) is 6.33. The molecule has 0 aliphatic carbocycles. The molecule has 5 aromatic rings. The third-order valence-corrected chi connectivity index (χ3v) is 5.13. The van der Waals surface area contributed by atoms with Gasteiger partial charge in [-0.2, -0.15) is 5.10 Å². The van der Waals surface area contributed by atoms with Crippen molar-refractivity contribution in [1.29, 1.82) is 0 Å². The summed E-state index contributed by atoms with van der Waals surface area (Å²) in [6.45, 7) is 0. The lowest BCUT2D eigenvalue weighted by Crippen LogP contribution is -2.01. The van der Waals surface area contributed by atoms with E-state index in [4.69, 9.17) is 4.52 Å². The van der Waals surface area contributed by atoms with Crippen LogP contribution < -0.4 is 0 Å². The van der Waals surface area contributed by atoms with Crippen molar-refractivity contribution in [3.8, 4) is 28.3 Å². The van der Waals surface area contributed by atoms with Gasteiger partial charge in [-0.1, -0.05) is 39.3 Å². The van der Waals surface area contributed by atoms with Crippen LogP contribution in [0.2, 0.25) is 0 Å². The van der Waals surface area contributed by atoms with Gasteiger partial charge in [-0.3, -0.25) is 0 Å². The van der Waals surface area contributed by atoms with E-state index in [1.807, 2.05) is 48.5 Å². The minimum Gasteiger partial charge on any atom is -0.355 e. The number of nitrogens with zero attached hydrogens (tertiary/aromatic N) is 3. The van der Waals surface area contributed by atoms with Crippen LogP contribution in [0, 0.1) is 5.82 Å². The van der Waals surface area contributed by atoms with Gasteiger partial charge in [0.25, 0.3) is 0 Å². The lowest BCUT2D eigenvalue weighted by atomic mass is 10.0. The lowest BCUT2D eigenvalue weighted by Gasteiger charge is -2.09. The van der Waals surface area contributed by atoms with Gasteiger partial charge >= 0.3 is 0 Å². The predicted octanol–water partition coefficient (Wildman–Crippen LogP) is 6.25. The molecule has 0 atom stereocenters. The van der Waals surface area contributed by atoms with Crippen LogP contribution in [-0.4, -0.2) is 14.9 Å². The summed E-state index contributed by atoms with van der Waals surface area (Å²) in [5, 5.41) is 9.37. The smallest absolute Gasteiger partial charge is 0.174 e. The Balaban J connectivity index is 1.66. The monoisotopic (exact) mass is 433 g/mol. The van der Waals surface area contributed by atoms with Crippen LogP contribution in [0.15, 0.2) is 88.0 Å². The second kappa shape index (κ2) is 6.73. The first-order valence-corrected chi connectivity index (χ1v) is 9.45. The van der Waals surface area contributed by atoms with Crippen LogP contribution in [0.1, 0.15) is 0 Å². The number of hydrogen-bond acceptors (Lipinski definition) is 3. The van der Waals surface area contributed by atoms with Crippen LogP contribution in [0.4, 0.5) is 4.39 Å². The van der Waals surface area contributed by atoms with Gasteiger partial charge in [0.05, 0.1) is 17.3 Å². The number of hydrogen-bond donors (Lipinski definition) is 0. The topological polar surface area (TPSA) is 43.9 Å². The minimum atomic E-state index is -0.325. The van der Waals surface area contributed by atoms with Gasteiger partial charge in [0.15, 0.2) is 5.76 Å². The molecule has 0 fully saturated rings. The Hall–Kier alpha value is -3.25. The Kier molecular flexibility index (Phi) is 4.06. The summed E-state index contributed by atoms with van der Waals surface area (Å²) in [7, 11) is 0. The normalized spacial score (nSPS) is 11.2. The van der Waals surface area contributed by atoms with Crippen LogP contribution in [0.5, 0.6) is 0 Å². The molecule has 0 bridgehead atoms. The van der Waals surface area contributed by atoms with E-state index in [1.54, 1.807) is 29.1 Å². The number of halogens is 2. The Morgan fingerprint density at radius 3 is 2.50 bits per heavy atom. The molecule has 0 spiro atoms. The van der Waals surface area contributed by atoms with E-state index in [9.17, 15) is 4.39 Å². The highest BCUT2D eigenvalue weighted by Gasteiger charge is 2.15. The highest BCUT2D eigenvalue weighted by Crippen LogP contribution is 2.33. The van der Waals surface area contributed by atoms with Crippen molar-refractivity contribution in [2.75, 3.05) is 0 Å². The average Bonchev–Trinajstić information content (AvgIpc) is 3.35. The number of para-hydroxylation sites is 1. The molecule has 2 heterocycles. The summed E-state index contributed by atoms with van der Waals surface area (Å²) < 4.78 is 22.5. The highest BCUT2D eigenvalue weighted by molar-refractivity contribution is 9.10. The van der Waals surface area contributed by atoms with Crippen molar-refractivity contribution in [3.63, 3.8) is 0 Å². The van der Waals surface area contributed by atoms with Crippen LogP contribution in [-0.2, 0) is 0 Å². The Labute approximate surface area is 168 Å². The maximum absolute atomic E-state index is 14.3. The van der Waals surface area contributed by atoms with Crippen molar-refractivity contribution in [3.05, 3.63) is 89.3 Å². The van der Waals surface area contributed by atoms with E-state index in [-0.39, 0.29) is 5.82 Å². The fraction of sp³-hybridized carbons (Fsp3) is 0. The van der Waals surface area contributed by atoms with Crippen molar-refractivity contribution < 1.29 is 8.91 Å². The fourth-order valence-corrected chi connectivity index (χ4v) is 3.51. The van der Waals surface area contributed by atoms with Crippen molar-refractivity contribution in [2.24, 2.45) is 0 Å². The van der Waals surface area contributed by atoms with E-state index >= 15 is 0 Å². The third-order valence-electron chi connectivity index (χ3n) is 4.60. The van der Waals surface area contributed by atoms with Crippen molar-refractivity contribution >= 4 is 26.8 Å². The van der Waals surface area contributed by atoms with Crippen molar-refractivity contribution in [1.82, 2.24) is 14.9 Å². The van der Waals surface area contributed by atoms with E-state index in [0.29, 0.717) is 11.4 Å². The Bertz CT molecular complexity index is 1290. The molecule has 0 saturated heterocycles. The first-order chi connectivity index (χ1) is 13.7. The van der Waals surface area contributed by atoms with Gasteiger partial charge in [-0.05, 0) is 54.6 Å². The molecular formula is C22H13BrFN3O. The zero-order valence-electron chi connectivity index (χ0n) is 14.5. The molecule has 136 valence electrons. The molecule has 28 heavy (non-hydrogen) atoms. The molecule has 6 heteroatoms. The molecule has 0 amide bonds. The molecule has 4 nitrogen and oxygen atoms in total. The Morgan fingerprint density at radius 2 is 1.68 bits per heavy atom. The van der Waals surface area contributed by atoms with Crippen LogP contribution in [0.25, 0.3) is 39.2 Å². The van der Waals surface area contributed by atoms with Crippen molar-refractivity contribution in [2.45, 2.75) is 0 Å². The highest BCUT2D eigenvalue weighted by atomic mass is 79.9. The molecule has 3 aromatic carbocycles. The molecule has 0 saturated carbocycles. The van der Waals surface area contributed by atoms with E-state index in [0.717, 1.165) is 32.2 Å². The quantitative estimate of drug-likeness (QED) is 0.337. The third kappa shape index (κ3) is 2.82. The van der Waals surface area contributed by atoms with Gasteiger partial charge in [-0.25, -0.2) is 9.07 Å². The first kappa shape index (κ1) is 16.9. The summed E-state index contributed by atoms with van der Waals surface area (Å²) in [6, 6.07) is 22.1. The second-order valence-corrected chi connectivity index (χ2v) is 7.25. The largest absolute Gasteiger partial charge is 0.355 e. The summed E-state index contributed by atoms with van der Waals surface area (Å²) in [5.74, 6) is 0.371. The van der Waals surface area contributed by atoms with E-state index in [2.05, 4.69) is 26.2 Å². The predicted molar refractivity (Wildman–Crippen MR) is 110 cm³/mol. The molecule has 0 radical (unpaired) electrons. The van der Waals surface area contributed by atoms with Gasteiger partial charge in [-0.15, -0.1) is 0 Å². The van der Waals surface area contributed by atoms with Gasteiger partial charge in [0.2, 0.25) is 0 Å². The number of rotatable bonds is 3. The molecule has 0 aliphatic rings. The zero-order valence-corrected chi connectivity index (χ0v) is 16.1. The fourth-order valence-electron chi connectivity index (χ4n) is 3.25. The zero-order chi connectivity index (χ0) is 19.1. The molecule has 0 N–H and O–H groups in total. The van der Waals surface area contributed by atoms with Gasteiger partial charge in [0, 0.05) is 15.6 Å². The molecule has 0 aliphatic heterocycles. The average molecular weight is 434 g/mol. The van der Waals surface area contributed by atoms with Gasteiger partial charge < -0.3 is 4.52 Å². The lowest BCUT2D eigenvalue weighted by molar-refractivity contribution is 0.441. The van der Waals surface area contributed by atoms with Crippen LogP contribution >= 0.6 is 15.9 Å². The van der Waals surface area contributed by atoms with E-state index < -0.39 is 0 Å². The maximum atomic E-state index is 14.3. The summed E-state index contributed by atoms with van der Waals surface area (Å²) in [4.78, 5) is 0. The molecular weight excluding hydrogens is 421 g/mol. The maximum Gasteiger partial charge on any atom is 0.174 e. The Morgan fingerprint density at radius 1 is 0.893 bits per heavy atom. The number of benzene rings is 3. The standard InChI is InChI=1S/C22H13BrFN3O/c23-16-8-5-14(6-9-16)22-17-13-15(7-10-19(17)26-28-22)20-11-12-25-27(20)21-4-2-1-3-18(21)24/h1-13H. The molecule has 2 aromatic heterocycles. The van der Waals surface area contributed by atoms with E-state index in [1.165, 1.54) is 6.07 Å². The SMILES string of the molecule is Fc1ccccc1-n1nccc1-c1ccc2noc(-c3ccc(Br)cc3)c2c1.